The van der Waals surface area contributed by atoms with Crippen LogP contribution in [0, 0.1) is 0 Å². The molecule has 3 N–H and O–H groups in total. The van der Waals surface area contributed by atoms with Crippen LogP contribution in [0.1, 0.15) is 28.6 Å². The number of nitrogens with one attached hydrogen (secondary N) is 1. The molecule has 80 valence electrons. The molecule has 0 amide bonds. The molecule has 1 aliphatic heterocycles. The van der Waals surface area contributed by atoms with Crippen molar-refractivity contribution in [2.24, 2.45) is 5.73 Å². The van der Waals surface area contributed by atoms with E-state index >= 15 is 0 Å². The predicted molar refractivity (Wildman–Crippen MR) is 62.9 cm³/mol. The zero-order chi connectivity index (χ0) is 10.3. The fourth-order valence-corrected chi connectivity index (χ4v) is 2.98. The maximum Gasteiger partial charge on any atom is 0.0962 e. The summed E-state index contributed by atoms with van der Waals surface area (Å²) in [6, 6.07) is 0.153. The monoisotopic (exact) mass is 221 g/mol. The zero-order valence-corrected chi connectivity index (χ0v) is 9.39. The largest absolute Gasteiger partial charge is 0.323 e. The van der Waals surface area contributed by atoms with Gasteiger partial charge < -0.3 is 11.1 Å². The smallest absolute Gasteiger partial charge is 0.0962 e. The highest BCUT2D eigenvalue weighted by Gasteiger charge is 2.27. The van der Waals surface area contributed by atoms with Gasteiger partial charge in [-0.25, -0.2) is 4.98 Å². The molecule has 3 nitrogen and oxygen atoms in total. The van der Waals surface area contributed by atoms with Crippen molar-refractivity contribution < 1.29 is 0 Å². The summed E-state index contributed by atoms with van der Waals surface area (Å²) in [4.78, 5) is 5.78. The Morgan fingerprint density at radius 3 is 3.07 bits per heavy atom. The lowest BCUT2D eigenvalue weighted by Gasteiger charge is -2.17. The van der Waals surface area contributed by atoms with Crippen molar-refractivity contribution in [3.8, 4) is 0 Å². The van der Waals surface area contributed by atoms with Crippen LogP contribution >= 0.6 is 11.3 Å². The molecule has 0 spiro atoms. The van der Waals surface area contributed by atoms with Crippen LogP contribution in [0.3, 0.4) is 0 Å². The van der Waals surface area contributed by atoms with E-state index in [0.717, 1.165) is 19.0 Å². The van der Waals surface area contributed by atoms with Gasteiger partial charge in [-0.3, -0.25) is 0 Å². The summed E-state index contributed by atoms with van der Waals surface area (Å²) in [6.07, 6.45) is 6.82. The summed E-state index contributed by atoms with van der Waals surface area (Å²) < 4.78 is 0. The number of nitrogens with zero attached hydrogens (tertiary/aromatic N) is 1. The average molecular weight is 221 g/mol. The highest BCUT2D eigenvalue weighted by atomic mass is 32.1. The van der Waals surface area contributed by atoms with Gasteiger partial charge in [0.1, 0.15) is 0 Å². The maximum atomic E-state index is 5.89. The lowest BCUT2D eigenvalue weighted by molar-refractivity contribution is 0.663. The van der Waals surface area contributed by atoms with Crippen molar-refractivity contribution in [1.29, 1.82) is 0 Å². The number of rotatable bonds is 2. The first-order valence-electron chi connectivity index (χ1n) is 5.46. The van der Waals surface area contributed by atoms with Crippen LogP contribution in [-0.4, -0.2) is 24.1 Å². The van der Waals surface area contributed by atoms with Crippen LogP contribution in [0.15, 0.2) is 12.3 Å². The minimum Gasteiger partial charge on any atom is -0.323 e. The fourth-order valence-electron chi connectivity index (χ4n) is 1.87. The Hall–Kier alpha value is -0.710. The van der Waals surface area contributed by atoms with Gasteiger partial charge in [0.2, 0.25) is 0 Å². The van der Waals surface area contributed by atoms with Crippen LogP contribution in [0.25, 0.3) is 5.57 Å². The van der Waals surface area contributed by atoms with Crippen molar-refractivity contribution in [2.45, 2.75) is 24.8 Å². The van der Waals surface area contributed by atoms with E-state index in [0.29, 0.717) is 0 Å². The molecule has 1 saturated carbocycles. The molecule has 1 aromatic heterocycles. The highest BCUT2D eigenvalue weighted by Crippen LogP contribution is 2.42. The second kappa shape index (κ2) is 3.70. The molecule has 0 saturated heterocycles. The summed E-state index contributed by atoms with van der Waals surface area (Å²) in [5.41, 5.74) is 7.20. The third kappa shape index (κ3) is 1.97. The Balaban J connectivity index is 1.84. The van der Waals surface area contributed by atoms with Gasteiger partial charge in [-0.2, -0.15) is 0 Å². The minimum absolute atomic E-state index is 0.153. The Bertz CT molecular complexity index is 392. The molecule has 3 rings (SSSR count). The fraction of sp³-hybridized carbons (Fsp3) is 0.545. The summed E-state index contributed by atoms with van der Waals surface area (Å²) in [5, 5.41) is 4.63. The van der Waals surface area contributed by atoms with Crippen molar-refractivity contribution in [2.75, 3.05) is 13.1 Å². The first kappa shape index (κ1) is 9.51. The lowest BCUT2D eigenvalue weighted by atomic mass is 10.1. The normalized spacial score (nSPS) is 26.5. The topological polar surface area (TPSA) is 50.9 Å². The Morgan fingerprint density at radius 2 is 2.33 bits per heavy atom. The number of aromatic nitrogens is 1. The number of hydrogen-bond donors (Lipinski definition) is 2. The molecule has 4 heteroatoms. The number of hydrogen-bond acceptors (Lipinski definition) is 4. The van der Waals surface area contributed by atoms with E-state index in [1.807, 2.05) is 17.5 Å². The molecule has 0 aromatic carbocycles. The average Bonchev–Trinajstić information content (AvgIpc) is 2.97. The summed E-state index contributed by atoms with van der Waals surface area (Å²) in [7, 11) is 0. The highest BCUT2D eigenvalue weighted by molar-refractivity contribution is 7.12. The van der Waals surface area contributed by atoms with Gasteiger partial charge >= 0.3 is 0 Å². The quantitative estimate of drug-likeness (QED) is 0.792. The Morgan fingerprint density at radius 1 is 1.47 bits per heavy atom. The van der Waals surface area contributed by atoms with Gasteiger partial charge in [0.15, 0.2) is 0 Å². The minimum atomic E-state index is 0.153. The molecule has 1 atom stereocenters. The van der Waals surface area contributed by atoms with Gasteiger partial charge in [-0.05, 0) is 18.4 Å². The molecular formula is C11H15N3S. The molecule has 1 unspecified atom stereocenters. The SMILES string of the molecule is NC1C=C(c2cnc(C3CC3)s2)CNC1. The second-order valence-corrected chi connectivity index (χ2v) is 5.39. The molecule has 0 bridgehead atoms. The van der Waals surface area contributed by atoms with Gasteiger partial charge in [-0.1, -0.05) is 6.08 Å². The van der Waals surface area contributed by atoms with Gasteiger partial charge in [-0.15, -0.1) is 11.3 Å². The Kier molecular flexibility index (Phi) is 2.35. The van der Waals surface area contributed by atoms with Crippen LogP contribution in [0.4, 0.5) is 0 Å². The van der Waals surface area contributed by atoms with Gasteiger partial charge in [0.25, 0.3) is 0 Å². The molecular weight excluding hydrogens is 206 g/mol. The van der Waals surface area contributed by atoms with E-state index in [2.05, 4.69) is 16.4 Å². The van der Waals surface area contributed by atoms with Crippen molar-refractivity contribution in [3.63, 3.8) is 0 Å². The van der Waals surface area contributed by atoms with E-state index in [1.54, 1.807) is 0 Å². The van der Waals surface area contributed by atoms with E-state index in [1.165, 1.54) is 28.3 Å². The summed E-state index contributed by atoms with van der Waals surface area (Å²) in [5.74, 6) is 0.759. The first-order chi connectivity index (χ1) is 7.33. The lowest BCUT2D eigenvalue weighted by Crippen LogP contribution is -2.37. The summed E-state index contributed by atoms with van der Waals surface area (Å²) >= 11 is 1.84. The summed E-state index contributed by atoms with van der Waals surface area (Å²) in [6.45, 7) is 1.82. The second-order valence-electron chi connectivity index (χ2n) is 4.32. The van der Waals surface area contributed by atoms with E-state index in [4.69, 9.17) is 5.73 Å². The van der Waals surface area contributed by atoms with Crippen molar-refractivity contribution >= 4 is 16.9 Å². The van der Waals surface area contributed by atoms with Gasteiger partial charge in [0.05, 0.1) is 9.88 Å². The van der Waals surface area contributed by atoms with Crippen molar-refractivity contribution in [1.82, 2.24) is 10.3 Å². The van der Waals surface area contributed by atoms with Crippen molar-refractivity contribution in [3.05, 3.63) is 22.2 Å². The van der Waals surface area contributed by atoms with Crippen LogP contribution in [0.2, 0.25) is 0 Å². The van der Waals surface area contributed by atoms with Crippen LogP contribution in [0.5, 0.6) is 0 Å². The molecule has 2 heterocycles. The van der Waals surface area contributed by atoms with Crippen LogP contribution < -0.4 is 11.1 Å². The molecule has 0 radical (unpaired) electrons. The van der Waals surface area contributed by atoms with Crippen LogP contribution in [-0.2, 0) is 0 Å². The maximum absolute atomic E-state index is 5.89. The number of thiazole rings is 1. The molecule has 1 aromatic rings. The van der Waals surface area contributed by atoms with Gasteiger partial charge in [0, 0.05) is 31.2 Å². The molecule has 2 aliphatic rings. The van der Waals surface area contributed by atoms with E-state index in [9.17, 15) is 0 Å². The first-order valence-corrected chi connectivity index (χ1v) is 6.27. The van der Waals surface area contributed by atoms with E-state index < -0.39 is 0 Å². The molecule has 1 aliphatic carbocycles. The number of nitrogens with two attached hydrogens (primary N) is 1. The predicted octanol–water partition coefficient (Wildman–Crippen LogP) is 1.33. The molecule has 1 fully saturated rings. The standard InChI is InChI=1S/C11H15N3S/c12-9-3-8(4-13-5-9)10-6-14-11(15-10)7-1-2-7/h3,6-7,9,13H,1-2,4-5,12H2. The third-order valence-electron chi connectivity index (χ3n) is 2.88. The third-order valence-corrected chi connectivity index (χ3v) is 4.11. The molecule has 15 heavy (non-hydrogen) atoms. The van der Waals surface area contributed by atoms with E-state index in [-0.39, 0.29) is 6.04 Å². The zero-order valence-electron chi connectivity index (χ0n) is 8.57. The Labute approximate surface area is 93.4 Å².